The molecular formula is C22H26FN3O3. The van der Waals surface area contributed by atoms with E-state index in [9.17, 15) is 14.0 Å². The third kappa shape index (κ3) is 4.91. The smallest absolute Gasteiger partial charge is 0.276 e. The molecule has 1 aromatic carbocycles. The van der Waals surface area contributed by atoms with Gasteiger partial charge in [-0.05, 0) is 49.9 Å². The molecule has 0 aliphatic carbocycles. The van der Waals surface area contributed by atoms with E-state index in [4.69, 9.17) is 4.52 Å². The molecule has 0 saturated carbocycles. The van der Waals surface area contributed by atoms with Crippen molar-refractivity contribution in [3.8, 4) is 11.3 Å². The second-order valence-corrected chi connectivity index (χ2v) is 7.70. The Morgan fingerprint density at radius 3 is 2.76 bits per heavy atom. The van der Waals surface area contributed by atoms with Gasteiger partial charge in [0.15, 0.2) is 11.5 Å². The number of aromatic nitrogens is 1. The second kappa shape index (κ2) is 9.03. The Morgan fingerprint density at radius 2 is 2.10 bits per heavy atom. The maximum Gasteiger partial charge on any atom is 0.276 e. The van der Waals surface area contributed by atoms with Crippen LogP contribution in [0.3, 0.4) is 0 Å². The number of hydrogen-bond donors (Lipinski definition) is 1. The average Bonchev–Trinajstić information content (AvgIpc) is 3.18. The van der Waals surface area contributed by atoms with Gasteiger partial charge in [-0.1, -0.05) is 31.2 Å². The Bertz CT molecular complexity index is 889. The number of hydrogen-bond acceptors (Lipinski definition) is 4. The summed E-state index contributed by atoms with van der Waals surface area (Å²) in [5.74, 6) is -0.211. The minimum Gasteiger partial charge on any atom is -0.355 e. The van der Waals surface area contributed by atoms with Gasteiger partial charge in [0.2, 0.25) is 5.91 Å². The third-order valence-electron chi connectivity index (χ3n) is 4.91. The quantitative estimate of drug-likeness (QED) is 0.750. The van der Waals surface area contributed by atoms with E-state index in [1.807, 2.05) is 32.9 Å². The predicted molar refractivity (Wildman–Crippen MR) is 108 cm³/mol. The van der Waals surface area contributed by atoms with E-state index < -0.39 is 6.04 Å². The number of amides is 2. The number of rotatable bonds is 6. The first-order valence-electron chi connectivity index (χ1n) is 9.84. The molecule has 2 atom stereocenters. The minimum absolute atomic E-state index is 0.137. The zero-order chi connectivity index (χ0) is 21.0. The molecular weight excluding hydrogens is 373 g/mol. The van der Waals surface area contributed by atoms with Crippen LogP contribution >= 0.6 is 0 Å². The Hall–Kier alpha value is -2.96. The summed E-state index contributed by atoms with van der Waals surface area (Å²) in [6.07, 6.45) is 5.11. The van der Waals surface area contributed by atoms with Gasteiger partial charge in [0.05, 0.1) is 0 Å². The van der Waals surface area contributed by atoms with Gasteiger partial charge >= 0.3 is 0 Å². The van der Waals surface area contributed by atoms with Crippen molar-refractivity contribution < 1.29 is 18.5 Å². The molecule has 7 heteroatoms. The average molecular weight is 399 g/mol. The van der Waals surface area contributed by atoms with Gasteiger partial charge in [-0.2, -0.15) is 0 Å². The van der Waals surface area contributed by atoms with E-state index in [1.54, 1.807) is 17.0 Å². The molecule has 1 aliphatic rings. The van der Waals surface area contributed by atoms with Crippen LogP contribution in [-0.2, 0) is 4.79 Å². The van der Waals surface area contributed by atoms with Gasteiger partial charge in [-0.3, -0.25) is 9.59 Å². The number of halogens is 1. The highest BCUT2D eigenvalue weighted by atomic mass is 19.1. The fourth-order valence-corrected chi connectivity index (χ4v) is 3.46. The molecule has 1 aromatic heterocycles. The van der Waals surface area contributed by atoms with Gasteiger partial charge in [0.25, 0.3) is 5.91 Å². The highest BCUT2D eigenvalue weighted by molar-refractivity contribution is 5.97. The SMILES string of the molecule is C/C=C/C[C@H]1CN(C(=O)c2cc(-c3ccc(F)cc3)on2)[C@@H](CC(C)C)C(=O)N1. The van der Waals surface area contributed by atoms with Crippen LogP contribution in [0, 0.1) is 11.7 Å². The fourth-order valence-electron chi connectivity index (χ4n) is 3.46. The standard InChI is InChI=1S/C22H26FN3O3/c1-4-5-6-17-13-26(19(11-14(2)3)21(27)24-17)22(28)18-12-20(29-25-18)15-7-9-16(23)10-8-15/h4-5,7-10,12,14,17,19H,6,11,13H2,1-3H3,(H,24,27)/b5-4+/t17-,19-/m0/s1. The first-order valence-corrected chi connectivity index (χ1v) is 9.84. The summed E-state index contributed by atoms with van der Waals surface area (Å²) >= 11 is 0. The zero-order valence-electron chi connectivity index (χ0n) is 16.9. The van der Waals surface area contributed by atoms with Crippen molar-refractivity contribution in [1.29, 1.82) is 0 Å². The predicted octanol–water partition coefficient (Wildman–Crippen LogP) is 3.80. The lowest BCUT2D eigenvalue weighted by Crippen LogP contribution is -2.61. The third-order valence-corrected chi connectivity index (χ3v) is 4.91. The normalized spacial score (nSPS) is 19.8. The Balaban J connectivity index is 1.84. The Kier molecular flexibility index (Phi) is 6.46. The van der Waals surface area contributed by atoms with Crippen molar-refractivity contribution in [3.05, 3.63) is 54.0 Å². The molecule has 29 heavy (non-hydrogen) atoms. The molecule has 0 bridgehead atoms. The van der Waals surface area contributed by atoms with Crippen LogP contribution in [0.4, 0.5) is 4.39 Å². The molecule has 2 heterocycles. The van der Waals surface area contributed by atoms with Crippen molar-refractivity contribution in [2.45, 2.75) is 45.7 Å². The van der Waals surface area contributed by atoms with E-state index in [0.717, 1.165) is 0 Å². The van der Waals surface area contributed by atoms with E-state index in [0.29, 0.717) is 30.7 Å². The van der Waals surface area contributed by atoms with Gasteiger partial charge in [-0.15, -0.1) is 0 Å². The lowest BCUT2D eigenvalue weighted by molar-refractivity contribution is -0.130. The van der Waals surface area contributed by atoms with Crippen LogP contribution in [0.25, 0.3) is 11.3 Å². The molecule has 2 amide bonds. The van der Waals surface area contributed by atoms with Crippen molar-refractivity contribution in [2.24, 2.45) is 5.92 Å². The molecule has 0 spiro atoms. The van der Waals surface area contributed by atoms with Crippen LogP contribution in [0.1, 0.15) is 44.1 Å². The largest absolute Gasteiger partial charge is 0.355 e. The number of nitrogens with one attached hydrogen (secondary N) is 1. The molecule has 154 valence electrons. The number of carbonyl (C=O) groups is 2. The van der Waals surface area contributed by atoms with E-state index in [-0.39, 0.29) is 35.3 Å². The van der Waals surface area contributed by atoms with E-state index in [1.165, 1.54) is 18.2 Å². The molecule has 1 fully saturated rings. The van der Waals surface area contributed by atoms with Gasteiger partial charge in [-0.25, -0.2) is 4.39 Å². The van der Waals surface area contributed by atoms with Crippen molar-refractivity contribution in [3.63, 3.8) is 0 Å². The molecule has 3 rings (SSSR count). The summed E-state index contributed by atoms with van der Waals surface area (Å²) in [7, 11) is 0. The molecule has 1 saturated heterocycles. The van der Waals surface area contributed by atoms with Crippen molar-refractivity contribution in [1.82, 2.24) is 15.4 Å². The van der Waals surface area contributed by atoms with Crippen molar-refractivity contribution in [2.75, 3.05) is 6.54 Å². The summed E-state index contributed by atoms with van der Waals surface area (Å²) in [6.45, 7) is 6.36. The Morgan fingerprint density at radius 1 is 1.38 bits per heavy atom. The van der Waals surface area contributed by atoms with Crippen molar-refractivity contribution >= 4 is 11.8 Å². The van der Waals surface area contributed by atoms with Gasteiger partial charge < -0.3 is 14.7 Å². The number of nitrogens with zero attached hydrogens (tertiary/aromatic N) is 2. The van der Waals surface area contributed by atoms with E-state index in [2.05, 4.69) is 10.5 Å². The van der Waals surface area contributed by atoms with Gasteiger partial charge in [0.1, 0.15) is 11.9 Å². The molecule has 0 radical (unpaired) electrons. The zero-order valence-corrected chi connectivity index (χ0v) is 16.9. The number of allylic oxidation sites excluding steroid dienone is 1. The van der Waals surface area contributed by atoms with Crippen LogP contribution in [0.2, 0.25) is 0 Å². The second-order valence-electron chi connectivity index (χ2n) is 7.70. The van der Waals surface area contributed by atoms with Crippen LogP contribution < -0.4 is 5.32 Å². The van der Waals surface area contributed by atoms with Crippen LogP contribution in [-0.4, -0.2) is 40.5 Å². The summed E-state index contributed by atoms with van der Waals surface area (Å²) in [5.41, 5.74) is 0.761. The number of piperazine rings is 1. The van der Waals surface area contributed by atoms with Crippen LogP contribution in [0.15, 0.2) is 47.0 Å². The van der Waals surface area contributed by atoms with E-state index >= 15 is 0 Å². The lowest BCUT2D eigenvalue weighted by atomic mass is 9.97. The number of carbonyl (C=O) groups excluding carboxylic acids is 2. The summed E-state index contributed by atoms with van der Waals surface area (Å²) in [6, 6.07) is 6.61. The fraction of sp³-hybridized carbons (Fsp3) is 0.409. The number of benzene rings is 1. The molecule has 6 nitrogen and oxygen atoms in total. The summed E-state index contributed by atoms with van der Waals surface area (Å²) in [4.78, 5) is 27.5. The molecule has 0 unspecified atom stereocenters. The highest BCUT2D eigenvalue weighted by Crippen LogP contribution is 2.24. The summed E-state index contributed by atoms with van der Waals surface area (Å²) < 4.78 is 18.4. The molecule has 1 aliphatic heterocycles. The summed E-state index contributed by atoms with van der Waals surface area (Å²) in [5, 5.41) is 6.93. The maximum atomic E-state index is 13.2. The first kappa shape index (κ1) is 20.8. The monoisotopic (exact) mass is 399 g/mol. The minimum atomic E-state index is -0.546. The Labute approximate surface area is 169 Å². The highest BCUT2D eigenvalue weighted by Gasteiger charge is 2.38. The maximum absolute atomic E-state index is 13.2. The lowest BCUT2D eigenvalue weighted by Gasteiger charge is -2.39. The topological polar surface area (TPSA) is 75.4 Å². The van der Waals surface area contributed by atoms with Crippen LogP contribution in [0.5, 0.6) is 0 Å². The molecule has 2 aromatic rings. The van der Waals surface area contributed by atoms with Gasteiger partial charge in [0, 0.05) is 24.2 Å². The first-order chi connectivity index (χ1) is 13.9. The molecule has 1 N–H and O–H groups in total.